The van der Waals surface area contributed by atoms with Crippen LogP contribution in [0.1, 0.15) is 23.0 Å². The molecule has 88 valence electrons. The number of aryl methyl sites for hydroxylation is 1. The molecule has 1 aromatic heterocycles. The van der Waals surface area contributed by atoms with Crippen LogP contribution in [-0.4, -0.2) is 5.91 Å². The van der Waals surface area contributed by atoms with Crippen molar-refractivity contribution in [3.8, 4) is 11.3 Å². The van der Waals surface area contributed by atoms with Crippen LogP contribution in [0, 0.1) is 5.82 Å². The molecule has 0 saturated carbocycles. The smallest absolute Gasteiger partial charge is 0.284 e. The molecule has 0 atom stereocenters. The summed E-state index contributed by atoms with van der Waals surface area (Å²) in [6, 6.07) is 7.93. The minimum Gasteiger partial charge on any atom is -0.451 e. The van der Waals surface area contributed by atoms with E-state index < -0.39 is 5.91 Å². The summed E-state index contributed by atoms with van der Waals surface area (Å²) in [5.41, 5.74) is 6.31. The Bertz CT molecular complexity index is 560. The van der Waals surface area contributed by atoms with Crippen LogP contribution < -0.4 is 5.73 Å². The zero-order valence-corrected chi connectivity index (χ0v) is 9.37. The Morgan fingerprint density at radius 2 is 2.12 bits per heavy atom. The van der Waals surface area contributed by atoms with E-state index in [0.29, 0.717) is 23.3 Å². The van der Waals surface area contributed by atoms with Crippen LogP contribution in [-0.2, 0) is 6.42 Å². The quantitative estimate of drug-likeness (QED) is 0.886. The van der Waals surface area contributed by atoms with Crippen LogP contribution in [0.3, 0.4) is 0 Å². The van der Waals surface area contributed by atoms with Gasteiger partial charge < -0.3 is 10.2 Å². The monoisotopic (exact) mass is 233 g/mol. The molecule has 0 saturated heterocycles. The van der Waals surface area contributed by atoms with Gasteiger partial charge >= 0.3 is 0 Å². The van der Waals surface area contributed by atoms with Crippen molar-refractivity contribution in [2.45, 2.75) is 13.3 Å². The average Bonchev–Trinajstić information content (AvgIpc) is 2.78. The fourth-order valence-corrected chi connectivity index (χ4v) is 1.61. The number of halogens is 1. The summed E-state index contributed by atoms with van der Waals surface area (Å²) in [5, 5.41) is 0. The highest BCUT2D eigenvalue weighted by atomic mass is 19.1. The maximum atomic E-state index is 13.6. The lowest BCUT2D eigenvalue weighted by molar-refractivity contribution is 0.0974. The van der Waals surface area contributed by atoms with Crippen molar-refractivity contribution >= 4 is 5.91 Å². The number of carbonyl (C=O) groups excluding carboxylic acids is 1. The van der Waals surface area contributed by atoms with Gasteiger partial charge in [0.2, 0.25) is 0 Å². The van der Waals surface area contributed by atoms with Crippen molar-refractivity contribution in [3.05, 3.63) is 47.5 Å². The number of rotatable bonds is 3. The largest absolute Gasteiger partial charge is 0.451 e. The molecule has 0 fully saturated rings. The lowest BCUT2D eigenvalue weighted by Gasteiger charge is -2.02. The predicted octanol–water partition coefficient (Wildman–Crippen LogP) is 2.75. The molecule has 3 nitrogen and oxygen atoms in total. The Hall–Kier alpha value is -2.10. The van der Waals surface area contributed by atoms with Gasteiger partial charge in [0.1, 0.15) is 11.6 Å². The molecule has 2 rings (SSSR count). The van der Waals surface area contributed by atoms with Crippen LogP contribution in [0.15, 0.2) is 34.7 Å². The third-order valence-corrected chi connectivity index (χ3v) is 2.57. The third-order valence-electron chi connectivity index (χ3n) is 2.57. The average molecular weight is 233 g/mol. The molecule has 0 bridgehead atoms. The van der Waals surface area contributed by atoms with Crippen LogP contribution in [0.2, 0.25) is 0 Å². The van der Waals surface area contributed by atoms with Gasteiger partial charge in [-0.2, -0.15) is 0 Å². The number of nitrogens with two attached hydrogens (primary N) is 1. The number of furan rings is 1. The minimum absolute atomic E-state index is 0.0694. The zero-order chi connectivity index (χ0) is 12.4. The Morgan fingerprint density at radius 3 is 2.65 bits per heavy atom. The maximum Gasteiger partial charge on any atom is 0.284 e. The number of benzene rings is 1. The van der Waals surface area contributed by atoms with E-state index >= 15 is 0 Å². The van der Waals surface area contributed by atoms with Crippen molar-refractivity contribution in [1.82, 2.24) is 0 Å². The van der Waals surface area contributed by atoms with E-state index in [9.17, 15) is 9.18 Å². The summed E-state index contributed by atoms with van der Waals surface area (Å²) < 4.78 is 18.8. The normalized spacial score (nSPS) is 10.5. The van der Waals surface area contributed by atoms with Crippen molar-refractivity contribution in [1.29, 1.82) is 0 Å². The van der Waals surface area contributed by atoms with E-state index in [1.807, 2.05) is 6.92 Å². The standard InChI is InChI=1S/C13H12FNO2/c1-2-8-3-4-9(7-10(8)14)11-5-6-12(17-11)13(15)16/h3-7H,2H2,1H3,(H2,15,16). The molecule has 4 heteroatoms. The van der Waals surface area contributed by atoms with Crippen molar-refractivity contribution < 1.29 is 13.6 Å². The minimum atomic E-state index is -0.637. The summed E-state index contributed by atoms with van der Waals surface area (Å²) in [6.45, 7) is 1.89. The second-order valence-corrected chi connectivity index (χ2v) is 3.69. The maximum absolute atomic E-state index is 13.6. The van der Waals surface area contributed by atoms with E-state index in [1.54, 1.807) is 18.2 Å². The van der Waals surface area contributed by atoms with Gasteiger partial charge in [0, 0.05) is 5.56 Å². The summed E-state index contributed by atoms with van der Waals surface area (Å²) in [5.74, 6) is -0.413. The summed E-state index contributed by atoms with van der Waals surface area (Å²) >= 11 is 0. The SMILES string of the molecule is CCc1ccc(-c2ccc(C(N)=O)o2)cc1F. The number of amides is 1. The molecular weight excluding hydrogens is 221 g/mol. The highest BCUT2D eigenvalue weighted by Gasteiger charge is 2.10. The molecule has 1 aromatic carbocycles. The van der Waals surface area contributed by atoms with Crippen LogP contribution in [0.25, 0.3) is 11.3 Å². The van der Waals surface area contributed by atoms with Gasteiger partial charge in [-0.25, -0.2) is 4.39 Å². The van der Waals surface area contributed by atoms with E-state index in [4.69, 9.17) is 10.2 Å². The summed E-state index contributed by atoms with van der Waals surface area (Å²) in [6.07, 6.45) is 0.636. The number of hydrogen-bond donors (Lipinski definition) is 1. The molecule has 17 heavy (non-hydrogen) atoms. The lowest BCUT2D eigenvalue weighted by Crippen LogP contribution is -2.09. The molecule has 0 radical (unpaired) electrons. The topological polar surface area (TPSA) is 56.2 Å². The van der Waals surface area contributed by atoms with Crippen molar-refractivity contribution in [3.63, 3.8) is 0 Å². The van der Waals surface area contributed by atoms with Crippen LogP contribution in [0.4, 0.5) is 4.39 Å². The van der Waals surface area contributed by atoms with Gasteiger partial charge in [-0.3, -0.25) is 4.79 Å². The Morgan fingerprint density at radius 1 is 1.35 bits per heavy atom. The fourth-order valence-electron chi connectivity index (χ4n) is 1.61. The van der Waals surface area contributed by atoms with Crippen LogP contribution >= 0.6 is 0 Å². The van der Waals surface area contributed by atoms with Gasteiger partial charge in [-0.15, -0.1) is 0 Å². The van der Waals surface area contributed by atoms with Crippen molar-refractivity contribution in [2.75, 3.05) is 0 Å². The summed E-state index contributed by atoms with van der Waals surface area (Å²) in [4.78, 5) is 10.9. The number of hydrogen-bond acceptors (Lipinski definition) is 2. The van der Waals surface area contributed by atoms with Gasteiger partial charge in [0.05, 0.1) is 0 Å². The molecule has 0 aliphatic heterocycles. The molecule has 1 amide bonds. The fraction of sp³-hybridized carbons (Fsp3) is 0.154. The molecule has 0 aliphatic rings. The first kappa shape index (κ1) is 11.4. The number of carbonyl (C=O) groups is 1. The third kappa shape index (κ3) is 2.20. The van der Waals surface area contributed by atoms with E-state index in [0.717, 1.165) is 0 Å². The highest BCUT2D eigenvalue weighted by Crippen LogP contribution is 2.24. The Kier molecular flexibility index (Phi) is 2.95. The molecule has 1 heterocycles. The number of primary amides is 1. The molecular formula is C13H12FNO2. The summed E-state index contributed by atoms with van der Waals surface area (Å²) in [7, 11) is 0. The van der Waals surface area contributed by atoms with E-state index in [2.05, 4.69) is 0 Å². The first-order valence-electron chi connectivity index (χ1n) is 5.30. The predicted molar refractivity (Wildman–Crippen MR) is 62.0 cm³/mol. The van der Waals surface area contributed by atoms with Gasteiger partial charge in [-0.05, 0) is 30.2 Å². The van der Waals surface area contributed by atoms with E-state index in [-0.39, 0.29) is 11.6 Å². The molecule has 0 aliphatic carbocycles. The van der Waals surface area contributed by atoms with Crippen molar-refractivity contribution in [2.24, 2.45) is 5.73 Å². The molecule has 2 aromatic rings. The van der Waals surface area contributed by atoms with Crippen LogP contribution in [0.5, 0.6) is 0 Å². The first-order valence-corrected chi connectivity index (χ1v) is 5.30. The zero-order valence-electron chi connectivity index (χ0n) is 9.37. The highest BCUT2D eigenvalue weighted by molar-refractivity contribution is 5.90. The first-order chi connectivity index (χ1) is 8.11. The lowest BCUT2D eigenvalue weighted by atomic mass is 10.1. The molecule has 0 spiro atoms. The second kappa shape index (κ2) is 4.41. The van der Waals surface area contributed by atoms with Gasteiger partial charge in [0.15, 0.2) is 5.76 Å². The molecule has 0 unspecified atom stereocenters. The Labute approximate surface area is 98.0 Å². The Balaban J connectivity index is 2.39. The van der Waals surface area contributed by atoms with Gasteiger partial charge in [0.25, 0.3) is 5.91 Å². The van der Waals surface area contributed by atoms with E-state index in [1.165, 1.54) is 12.1 Å². The second-order valence-electron chi connectivity index (χ2n) is 3.69. The van der Waals surface area contributed by atoms with Gasteiger partial charge in [-0.1, -0.05) is 19.1 Å². The molecule has 2 N–H and O–H groups in total.